The number of hydrogen-bond donors (Lipinski definition) is 1. The Morgan fingerprint density at radius 2 is 1.96 bits per heavy atom. The van der Waals surface area contributed by atoms with E-state index in [2.05, 4.69) is 5.32 Å². The van der Waals surface area contributed by atoms with Crippen LogP contribution in [0.25, 0.3) is 0 Å². The van der Waals surface area contributed by atoms with Gasteiger partial charge in [-0.1, -0.05) is 11.6 Å². The minimum absolute atomic E-state index is 0.203. The van der Waals surface area contributed by atoms with Gasteiger partial charge in [-0.05, 0) is 70.5 Å². The highest BCUT2D eigenvalue weighted by atomic mass is 35.5. The summed E-state index contributed by atoms with van der Waals surface area (Å²) in [5.74, 6) is -0.203. The predicted molar refractivity (Wildman–Crippen MR) is 89.0 cm³/mol. The van der Waals surface area contributed by atoms with Crippen LogP contribution in [-0.2, 0) is 14.9 Å². The second-order valence-corrected chi connectivity index (χ2v) is 7.55. The summed E-state index contributed by atoms with van der Waals surface area (Å²) in [7, 11) is 0. The molecule has 6 heteroatoms. The fourth-order valence-electron chi connectivity index (χ4n) is 3.35. The van der Waals surface area contributed by atoms with E-state index in [1.807, 2.05) is 6.07 Å². The molecule has 1 spiro atoms. The lowest BCUT2D eigenvalue weighted by Gasteiger charge is -2.33. The van der Waals surface area contributed by atoms with Crippen molar-refractivity contribution in [3.63, 3.8) is 0 Å². The number of rotatable bonds is 0. The first-order valence-electron chi connectivity index (χ1n) is 7.83. The van der Waals surface area contributed by atoms with Crippen molar-refractivity contribution in [2.45, 2.75) is 44.6 Å². The van der Waals surface area contributed by atoms with Crippen molar-refractivity contribution in [2.24, 2.45) is 0 Å². The molecule has 0 aliphatic carbocycles. The van der Waals surface area contributed by atoms with E-state index in [4.69, 9.17) is 16.3 Å². The van der Waals surface area contributed by atoms with Gasteiger partial charge in [0, 0.05) is 5.02 Å². The van der Waals surface area contributed by atoms with Crippen LogP contribution in [-0.4, -0.2) is 30.7 Å². The molecular formula is C17H21ClN2O3. The molecule has 0 radical (unpaired) electrons. The number of fused-ring (bicyclic) bond motifs is 2. The van der Waals surface area contributed by atoms with E-state index in [0.717, 1.165) is 18.7 Å². The van der Waals surface area contributed by atoms with Crippen LogP contribution in [0.1, 0.15) is 39.2 Å². The first-order chi connectivity index (χ1) is 10.7. The number of halogens is 1. The van der Waals surface area contributed by atoms with Gasteiger partial charge in [-0.3, -0.25) is 4.79 Å². The van der Waals surface area contributed by atoms with Gasteiger partial charge in [0.1, 0.15) is 5.60 Å². The van der Waals surface area contributed by atoms with Crippen LogP contribution in [0.5, 0.6) is 0 Å². The fourth-order valence-corrected chi connectivity index (χ4v) is 3.52. The Bertz CT molecular complexity index is 660. The van der Waals surface area contributed by atoms with Crippen molar-refractivity contribution in [3.8, 4) is 0 Å². The van der Waals surface area contributed by atoms with Crippen LogP contribution < -0.4 is 10.2 Å². The summed E-state index contributed by atoms with van der Waals surface area (Å²) in [5.41, 5.74) is 0.0915. The number of carbonyl (C=O) groups excluding carboxylic acids is 2. The molecule has 3 rings (SSSR count). The van der Waals surface area contributed by atoms with Crippen molar-refractivity contribution >= 4 is 29.3 Å². The lowest BCUT2D eigenvalue weighted by Crippen LogP contribution is -2.49. The zero-order valence-electron chi connectivity index (χ0n) is 13.6. The number of piperidine rings is 1. The monoisotopic (exact) mass is 336 g/mol. The average molecular weight is 337 g/mol. The quantitative estimate of drug-likeness (QED) is 0.790. The topological polar surface area (TPSA) is 58.6 Å². The van der Waals surface area contributed by atoms with E-state index in [0.29, 0.717) is 23.6 Å². The van der Waals surface area contributed by atoms with E-state index in [-0.39, 0.29) is 5.91 Å². The molecule has 1 fully saturated rings. The number of anilines is 1. The lowest BCUT2D eigenvalue weighted by atomic mass is 9.74. The maximum absolute atomic E-state index is 13.1. The first kappa shape index (κ1) is 16.3. The highest BCUT2D eigenvalue weighted by molar-refractivity contribution is 6.31. The number of carbonyl (C=O) groups is 2. The largest absolute Gasteiger partial charge is 0.443 e. The smallest absolute Gasteiger partial charge is 0.421 e. The highest BCUT2D eigenvalue weighted by Gasteiger charge is 2.53. The Morgan fingerprint density at radius 3 is 2.57 bits per heavy atom. The molecule has 1 aromatic rings. The van der Waals surface area contributed by atoms with Gasteiger partial charge in [0.05, 0.1) is 11.1 Å². The van der Waals surface area contributed by atoms with E-state index in [1.165, 1.54) is 4.90 Å². The average Bonchev–Trinajstić information content (AvgIpc) is 2.68. The van der Waals surface area contributed by atoms with Crippen LogP contribution in [0, 0.1) is 0 Å². The molecule has 2 amide bonds. The third kappa shape index (κ3) is 2.72. The Labute approximate surface area is 140 Å². The zero-order valence-corrected chi connectivity index (χ0v) is 14.4. The van der Waals surface area contributed by atoms with Gasteiger partial charge >= 0.3 is 6.09 Å². The van der Waals surface area contributed by atoms with Crippen LogP contribution >= 0.6 is 11.6 Å². The summed E-state index contributed by atoms with van der Waals surface area (Å²) < 4.78 is 5.43. The van der Waals surface area contributed by atoms with Crippen molar-refractivity contribution in [1.29, 1.82) is 0 Å². The molecule has 1 N–H and O–H groups in total. The van der Waals surface area contributed by atoms with Gasteiger partial charge in [0.25, 0.3) is 0 Å². The van der Waals surface area contributed by atoms with Crippen molar-refractivity contribution in [3.05, 3.63) is 28.8 Å². The number of amides is 2. The van der Waals surface area contributed by atoms with Gasteiger partial charge in [-0.15, -0.1) is 0 Å². The van der Waals surface area contributed by atoms with Gasteiger partial charge in [-0.25, -0.2) is 9.69 Å². The van der Waals surface area contributed by atoms with Crippen molar-refractivity contribution < 1.29 is 14.3 Å². The lowest BCUT2D eigenvalue weighted by molar-refractivity contribution is -0.123. The van der Waals surface area contributed by atoms with Crippen LogP contribution in [0.4, 0.5) is 10.5 Å². The van der Waals surface area contributed by atoms with E-state index < -0.39 is 17.1 Å². The molecule has 0 unspecified atom stereocenters. The standard InChI is InChI=1S/C17H21ClN2O3/c1-16(2,3)23-15(22)20-13-5-4-11(18)10-12(13)17(14(20)21)6-8-19-9-7-17/h4-5,10,19H,6-9H2,1-3H3. The number of imide groups is 1. The normalized spacial score (nSPS) is 19.8. The minimum atomic E-state index is -0.678. The number of nitrogens with one attached hydrogen (secondary N) is 1. The number of hydrogen-bond acceptors (Lipinski definition) is 4. The minimum Gasteiger partial charge on any atom is -0.443 e. The molecule has 0 aromatic heterocycles. The predicted octanol–water partition coefficient (Wildman–Crippen LogP) is 3.24. The Balaban J connectivity index is 2.06. The van der Waals surface area contributed by atoms with Gasteiger partial charge in [0.15, 0.2) is 0 Å². The first-order valence-corrected chi connectivity index (χ1v) is 8.21. The summed E-state index contributed by atoms with van der Waals surface area (Å²) in [6.07, 6.45) is 0.679. The molecule has 23 heavy (non-hydrogen) atoms. The SMILES string of the molecule is CC(C)(C)OC(=O)N1C(=O)C2(CCNCC2)c2cc(Cl)ccc21. The van der Waals surface area contributed by atoms with E-state index >= 15 is 0 Å². The Hall–Kier alpha value is -1.59. The second-order valence-electron chi connectivity index (χ2n) is 7.11. The van der Waals surface area contributed by atoms with Crippen LogP contribution in [0.2, 0.25) is 5.02 Å². The molecule has 124 valence electrons. The fraction of sp³-hybridized carbons (Fsp3) is 0.529. The number of benzene rings is 1. The maximum atomic E-state index is 13.1. The number of nitrogens with zero attached hydrogens (tertiary/aromatic N) is 1. The Kier molecular flexibility index (Phi) is 3.89. The van der Waals surface area contributed by atoms with Gasteiger partial charge < -0.3 is 10.1 Å². The van der Waals surface area contributed by atoms with Crippen molar-refractivity contribution in [2.75, 3.05) is 18.0 Å². The second kappa shape index (κ2) is 5.49. The highest BCUT2D eigenvalue weighted by Crippen LogP contribution is 2.48. The molecule has 1 aromatic carbocycles. The molecular weight excluding hydrogens is 316 g/mol. The molecule has 1 saturated heterocycles. The summed E-state index contributed by atoms with van der Waals surface area (Å²) in [6.45, 7) is 6.83. The van der Waals surface area contributed by atoms with Crippen LogP contribution in [0.15, 0.2) is 18.2 Å². The van der Waals surface area contributed by atoms with E-state index in [1.54, 1.807) is 32.9 Å². The Morgan fingerprint density at radius 1 is 1.30 bits per heavy atom. The summed E-state index contributed by atoms with van der Waals surface area (Å²) >= 11 is 6.15. The summed E-state index contributed by atoms with van der Waals surface area (Å²) in [4.78, 5) is 26.9. The molecule has 2 aliphatic heterocycles. The summed E-state index contributed by atoms with van der Waals surface area (Å²) in [5, 5.41) is 3.83. The molecule has 2 aliphatic rings. The molecule has 0 saturated carbocycles. The van der Waals surface area contributed by atoms with Gasteiger partial charge in [0.2, 0.25) is 5.91 Å². The van der Waals surface area contributed by atoms with Crippen molar-refractivity contribution in [1.82, 2.24) is 5.32 Å². The zero-order chi connectivity index (χ0) is 16.8. The van der Waals surface area contributed by atoms with Crippen LogP contribution in [0.3, 0.4) is 0 Å². The van der Waals surface area contributed by atoms with Gasteiger partial charge in [-0.2, -0.15) is 0 Å². The van der Waals surface area contributed by atoms with E-state index in [9.17, 15) is 9.59 Å². The third-order valence-electron chi connectivity index (χ3n) is 4.36. The number of ether oxygens (including phenoxy) is 1. The summed E-state index contributed by atoms with van der Waals surface area (Å²) in [6, 6.07) is 5.24. The molecule has 2 heterocycles. The third-order valence-corrected chi connectivity index (χ3v) is 4.60. The maximum Gasteiger partial charge on any atom is 0.421 e. The molecule has 0 atom stereocenters. The molecule has 0 bridgehead atoms. The molecule has 5 nitrogen and oxygen atoms in total.